The van der Waals surface area contributed by atoms with E-state index in [-0.39, 0.29) is 18.0 Å². The normalized spacial score (nSPS) is 16.1. The number of methoxy groups -OCH3 is 2. The number of fused-ring (bicyclic) bond motifs is 1. The van der Waals surface area contributed by atoms with Crippen molar-refractivity contribution in [2.45, 2.75) is 13.3 Å². The van der Waals surface area contributed by atoms with Gasteiger partial charge >= 0.3 is 0 Å². The Bertz CT molecular complexity index is 1260. The quantitative estimate of drug-likeness (QED) is 0.249. The van der Waals surface area contributed by atoms with Crippen LogP contribution in [-0.4, -0.2) is 54.4 Å². The summed E-state index contributed by atoms with van der Waals surface area (Å²) in [6, 6.07) is 11.0. The minimum Gasteiger partial charge on any atom is -0.493 e. The molecule has 9 nitrogen and oxygen atoms in total. The monoisotopic (exact) mass is 606 g/mol. The van der Waals surface area contributed by atoms with Crippen molar-refractivity contribution in [3.8, 4) is 23.0 Å². The van der Waals surface area contributed by atoms with Gasteiger partial charge in [-0.2, -0.15) is 15.1 Å². The van der Waals surface area contributed by atoms with Gasteiger partial charge < -0.3 is 18.9 Å². The number of ether oxygens (including phenoxy) is 4. The molecular weight excluding hydrogens is 583 g/mol. The minimum absolute atomic E-state index is 0.00117. The van der Waals surface area contributed by atoms with Crippen molar-refractivity contribution >= 4 is 62.4 Å². The highest BCUT2D eigenvalue weighted by Gasteiger charge is 2.35. The average Bonchev–Trinajstić information content (AvgIpc) is 3.28. The van der Waals surface area contributed by atoms with Crippen LogP contribution in [0.25, 0.3) is 6.08 Å². The Morgan fingerprint density at radius 3 is 2.51 bits per heavy atom. The van der Waals surface area contributed by atoms with Gasteiger partial charge in [-0.1, -0.05) is 19.1 Å². The predicted octanol–water partition coefficient (Wildman–Crippen LogP) is 4.80. The highest BCUT2D eigenvalue weighted by atomic mass is 127. The van der Waals surface area contributed by atoms with Crippen LogP contribution in [0.4, 0.5) is 0 Å². The third-order valence-corrected chi connectivity index (χ3v) is 6.87. The second kappa shape index (κ2) is 11.1. The van der Waals surface area contributed by atoms with Crippen molar-refractivity contribution in [2.75, 3.05) is 27.4 Å². The molecule has 0 spiro atoms. The van der Waals surface area contributed by atoms with E-state index in [0.717, 1.165) is 8.61 Å². The summed E-state index contributed by atoms with van der Waals surface area (Å²) in [6.07, 6.45) is 2.33. The topological polar surface area (TPSA) is 106 Å². The van der Waals surface area contributed by atoms with E-state index in [1.54, 1.807) is 26.4 Å². The van der Waals surface area contributed by atoms with E-state index < -0.39 is 5.91 Å². The summed E-state index contributed by atoms with van der Waals surface area (Å²) in [5.41, 5.74) is 0.842. The van der Waals surface area contributed by atoms with Crippen LogP contribution in [0.5, 0.6) is 23.0 Å². The summed E-state index contributed by atoms with van der Waals surface area (Å²) >= 11 is 3.46. The number of nitrogens with zero attached hydrogens (tertiary/aromatic N) is 3. The van der Waals surface area contributed by atoms with Gasteiger partial charge in [0.2, 0.25) is 5.17 Å². The molecule has 11 heteroatoms. The van der Waals surface area contributed by atoms with Gasteiger partial charge in [0.05, 0.1) is 23.4 Å². The number of rotatable bonds is 9. The largest absolute Gasteiger partial charge is 0.493 e. The first-order valence-corrected chi connectivity index (χ1v) is 12.6. The van der Waals surface area contributed by atoms with Crippen LogP contribution in [0.15, 0.2) is 52.1 Å². The number of carbonyl (C=O) groups excluding carboxylic acids is 1. The van der Waals surface area contributed by atoms with Crippen LogP contribution in [0.1, 0.15) is 18.9 Å². The van der Waals surface area contributed by atoms with E-state index in [0.29, 0.717) is 46.8 Å². The van der Waals surface area contributed by atoms with Crippen LogP contribution >= 0.6 is 34.4 Å². The third-order valence-electron chi connectivity index (χ3n) is 5.02. The van der Waals surface area contributed by atoms with Crippen LogP contribution < -0.4 is 18.9 Å². The first-order chi connectivity index (χ1) is 16.9. The summed E-state index contributed by atoms with van der Waals surface area (Å²) in [5, 5.41) is 15.5. The summed E-state index contributed by atoms with van der Waals surface area (Å²) < 4.78 is 23.3. The number of halogens is 1. The first kappa shape index (κ1) is 25.0. The number of thioether (sulfide) groups is 1. The lowest BCUT2D eigenvalue weighted by Gasteiger charge is -2.20. The zero-order valence-electron chi connectivity index (χ0n) is 19.3. The van der Waals surface area contributed by atoms with Crippen molar-refractivity contribution < 1.29 is 23.7 Å². The zero-order valence-corrected chi connectivity index (χ0v) is 22.3. The van der Waals surface area contributed by atoms with Gasteiger partial charge in [0.25, 0.3) is 5.91 Å². The molecule has 35 heavy (non-hydrogen) atoms. The Hall–Kier alpha value is -3.06. The smallest absolute Gasteiger partial charge is 0.283 e. The number of hydrazone groups is 1. The van der Waals surface area contributed by atoms with E-state index >= 15 is 0 Å². The molecule has 2 aliphatic heterocycles. The van der Waals surface area contributed by atoms with E-state index in [9.17, 15) is 4.79 Å². The number of para-hydroxylation sites is 2. The van der Waals surface area contributed by atoms with Crippen molar-refractivity contribution in [3.63, 3.8) is 0 Å². The SMILES string of the molecule is CCC1=NN2C(=N)C(=Cc3cc(I)c(OCCOc4ccccc4OC)c(OC)c3)C(=O)N=C2S1. The summed E-state index contributed by atoms with van der Waals surface area (Å²) in [5.74, 6) is 1.89. The van der Waals surface area contributed by atoms with Gasteiger partial charge in [-0.3, -0.25) is 10.2 Å². The van der Waals surface area contributed by atoms with Crippen molar-refractivity contribution in [3.05, 3.63) is 51.1 Å². The van der Waals surface area contributed by atoms with E-state index in [4.69, 9.17) is 24.4 Å². The Kier molecular flexibility index (Phi) is 7.96. The van der Waals surface area contributed by atoms with Gasteiger partial charge in [0.15, 0.2) is 28.8 Å². The fourth-order valence-electron chi connectivity index (χ4n) is 3.34. The van der Waals surface area contributed by atoms with Crippen LogP contribution in [0.2, 0.25) is 0 Å². The molecule has 4 rings (SSSR count). The average molecular weight is 606 g/mol. The van der Waals surface area contributed by atoms with Crippen LogP contribution in [0, 0.1) is 8.98 Å². The Balaban J connectivity index is 1.49. The molecule has 0 saturated heterocycles. The first-order valence-electron chi connectivity index (χ1n) is 10.7. The van der Waals surface area contributed by atoms with Crippen molar-refractivity contribution in [1.29, 1.82) is 5.41 Å². The van der Waals surface area contributed by atoms with Gasteiger partial charge in [-0.05, 0) is 76.7 Å². The number of aliphatic imine (C=N–C) groups is 1. The molecule has 2 aromatic rings. The molecule has 1 amide bonds. The van der Waals surface area contributed by atoms with Crippen molar-refractivity contribution in [2.24, 2.45) is 10.1 Å². The molecule has 0 aromatic heterocycles. The number of amidine groups is 2. The van der Waals surface area contributed by atoms with Gasteiger partial charge in [0.1, 0.15) is 18.3 Å². The number of hydrogen-bond donors (Lipinski definition) is 1. The van der Waals surface area contributed by atoms with Gasteiger partial charge in [-0.15, -0.1) is 0 Å². The molecule has 0 atom stereocenters. The number of nitrogens with one attached hydrogen (secondary N) is 1. The second-order valence-corrected chi connectivity index (χ2v) is 9.45. The summed E-state index contributed by atoms with van der Waals surface area (Å²) in [6.45, 7) is 2.57. The van der Waals surface area contributed by atoms with Crippen LogP contribution in [0.3, 0.4) is 0 Å². The molecule has 2 heterocycles. The lowest BCUT2D eigenvalue weighted by atomic mass is 10.1. The minimum atomic E-state index is -0.468. The molecular formula is C24H23IN4O5S. The van der Waals surface area contributed by atoms with Crippen molar-refractivity contribution in [1.82, 2.24) is 5.01 Å². The number of amides is 1. The molecule has 182 valence electrons. The van der Waals surface area contributed by atoms with E-state index in [2.05, 4.69) is 32.7 Å². The molecule has 0 radical (unpaired) electrons. The maximum absolute atomic E-state index is 12.6. The maximum atomic E-state index is 12.6. The fourth-order valence-corrected chi connectivity index (χ4v) is 4.94. The molecule has 0 saturated carbocycles. The van der Waals surface area contributed by atoms with E-state index in [1.165, 1.54) is 16.8 Å². The third kappa shape index (κ3) is 5.45. The number of benzene rings is 2. The Morgan fingerprint density at radius 1 is 1.09 bits per heavy atom. The van der Waals surface area contributed by atoms with Gasteiger partial charge in [-0.25, -0.2) is 0 Å². The molecule has 0 unspecified atom stereocenters. The molecule has 2 aromatic carbocycles. The number of carbonyl (C=O) groups is 1. The molecule has 0 bridgehead atoms. The Labute approximate surface area is 220 Å². The summed E-state index contributed by atoms with van der Waals surface area (Å²) in [7, 11) is 3.14. The van der Waals surface area contributed by atoms with E-state index in [1.807, 2.05) is 37.3 Å². The van der Waals surface area contributed by atoms with Gasteiger partial charge in [0, 0.05) is 0 Å². The highest BCUT2D eigenvalue weighted by molar-refractivity contribution is 14.1. The summed E-state index contributed by atoms with van der Waals surface area (Å²) in [4.78, 5) is 16.7. The predicted molar refractivity (Wildman–Crippen MR) is 145 cm³/mol. The number of hydrogen-bond acceptors (Lipinski definition) is 8. The lowest BCUT2D eigenvalue weighted by Crippen LogP contribution is -2.35. The highest BCUT2D eigenvalue weighted by Crippen LogP contribution is 2.36. The molecule has 2 aliphatic rings. The standard InChI is InChI=1S/C24H23IN4O5S/c1-4-20-28-29-22(26)15(23(30)27-24(29)35-20)11-14-12-16(25)21(19(13-14)32-3)34-10-9-33-18-8-6-5-7-17(18)31-2/h5-8,11-13,26H,4,9-10H2,1-3H3. The second-order valence-electron chi connectivity index (χ2n) is 7.25. The van der Waals surface area contributed by atoms with Crippen LogP contribution in [-0.2, 0) is 4.79 Å². The maximum Gasteiger partial charge on any atom is 0.283 e. The lowest BCUT2D eigenvalue weighted by molar-refractivity contribution is -0.114. The molecule has 0 fully saturated rings. The molecule has 0 aliphatic carbocycles. The Morgan fingerprint density at radius 2 is 1.80 bits per heavy atom. The zero-order chi connectivity index (χ0) is 24.9. The molecule has 1 N–H and O–H groups in total. The fraction of sp³-hybridized carbons (Fsp3) is 0.250.